The SMILES string of the molecule is O=C(Nc1ccc2c(=O)[nH]sc2c1)c1c(O)[nH]c(=O)[nH]c1=O. The summed E-state index contributed by atoms with van der Waals surface area (Å²) < 4.78 is 3.18. The molecule has 0 aliphatic rings. The van der Waals surface area contributed by atoms with Crippen LogP contribution < -0.4 is 22.1 Å². The molecule has 0 bridgehead atoms. The number of benzene rings is 1. The first-order chi connectivity index (χ1) is 10.5. The van der Waals surface area contributed by atoms with Gasteiger partial charge in [0.25, 0.3) is 17.0 Å². The van der Waals surface area contributed by atoms with E-state index in [-0.39, 0.29) is 5.56 Å². The zero-order valence-corrected chi connectivity index (χ0v) is 11.5. The second-order valence-electron chi connectivity index (χ2n) is 4.33. The third kappa shape index (κ3) is 2.31. The van der Waals surface area contributed by atoms with E-state index in [1.807, 2.05) is 9.97 Å². The van der Waals surface area contributed by atoms with Crippen molar-refractivity contribution in [3.63, 3.8) is 0 Å². The monoisotopic (exact) mass is 320 g/mol. The molecule has 22 heavy (non-hydrogen) atoms. The normalized spacial score (nSPS) is 10.7. The third-order valence-electron chi connectivity index (χ3n) is 2.89. The number of fused-ring (bicyclic) bond motifs is 1. The summed E-state index contributed by atoms with van der Waals surface area (Å²) >= 11 is 1.11. The lowest BCUT2D eigenvalue weighted by molar-refractivity contribution is 0.102. The smallest absolute Gasteiger partial charge is 0.328 e. The van der Waals surface area contributed by atoms with Gasteiger partial charge in [0, 0.05) is 5.69 Å². The fourth-order valence-corrected chi connectivity index (χ4v) is 2.68. The predicted molar refractivity (Wildman–Crippen MR) is 79.7 cm³/mol. The van der Waals surface area contributed by atoms with E-state index < -0.39 is 28.6 Å². The van der Waals surface area contributed by atoms with E-state index in [1.54, 1.807) is 6.07 Å². The molecule has 0 aliphatic carbocycles. The van der Waals surface area contributed by atoms with Gasteiger partial charge in [-0.1, -0.05) is 11.5 Å². The minimum absolute atomic E-state index is 0.229. The summed E-state index contributed by atoms with van der Waals surface area (Å²) in [6.07, 6.45) is 0. The number of hydrogen-bond donors (Lipinski definition) is 5. The highest BCUT2D eigenvalue weighted by Gasteiger charge is 2.18. The number of amides is 1. The second kappa shape index (κ2) is 5.00. The zero-order chi connectivity index (χ0) is 15.9. The van der Waals surface area contributed by atoms with Crippen molar-refractivity contribution in [2.45, 2.75) is 0 Å². The topological polar surface area (TPSA) is 148 Å². The molecule has 0 radical (unpaired) electrons. The molecule has 9 nitrogen and oxygen atoms in total. The first-order valence-corrected chi connectivity index (χ1v) is 6.75. The lowest BCUT2D eigenvalue weighted by atomic mass is 10.2. The molecule has 0 saturated carbocycles. The molecule has 112 valence electrons. The molecule has 0 fully saturated rings. The Labute approximate surface area is 124 Å². The number of carbonyl (C=O) groups is 1. The van der Waals surface area contributed by atoms with E-state index in [2.05, 4.69) is 9.69 Å². The Morgan fingerprint density at radius 3 is 2.64 bits per heavy atom. The quantitative estimate of drug-likeness (QED) is 0.448. The van der Waals surface area contributed by atoms with Gasteiger partial charge in [0.2, 0.25) is 5.88 Å². The molecule has 0 aliphatic heterocycles. The van der Waals surface area contributed by atoms with Crippen LogP contribution in [0.5, 0.6) is 5.88 Å². The van der Waals surface area contributed by atoms with Crippen LogP contribution in [0.4, 0.5) is 5.69 Å². The number of anilines is 1. The molecule has 1 aromatic carbocycles. The molecule has 2 heterocycles. The summed E-state index contributed by atoms with van der Waals surface area (Å²) in [5.74, 6) is -1.71. The lowest BCUT2D eigenvalue weighted by Gasteiger charge is -2.05. The Kier molecular flexibility index (Phi) is 3.14. The van der Waals surface area contributed by atoms with Gasteiger partial charge in [-0.15, -0.1) is 0 Å². The summed E-state index contributed by atoms with van der Waals surface area (Å²) in [5.41, 5.74) is -2.43. The average molecular weight is 320 g/mol. The van der Waals surface area contributed by atoms with E-state index in [1.165, 1.54) is 12.1 Å². The third-order valence-corrected chi connectivity index (χ3v) is 3.73. The van der Waals surface area contributed by atoms with E-state index in [9.17, 15) is 24.3 Å². The molecule has 0 unspecified atom stereocenters. The number of carbonyl (C=O) groups excluding carboxylic acids is 1. The largest absolute Gasteiger partial charge is 0.494 e. The van der Waals surface area contributed by atoms with Gasteiger partial charge in [0.1, 0.15) is 0 Å². The average Bonchev–Trinajstić information content (AvgIpc) is 2.78. The maximum atomic E-state index is 12.0. The summed E-state index contributed by atoms with van der Waals surface area (Å²) in [5, 5.41) is 12.4. The molecule has 5 N–H and O–H groups in total. The highest BCUT2D eigenvalue weighted by atomic mass is 32.1. The van der Waals surface area contributed by atoms with Crippen molar-refractivity contribution < 1.29 is 9.90 Å². The first-order valence-electron chi connectivity index (χ1n) is 5.94. The van der Waals surface area contributed by atoms with E-state index in [0.29, 0.717) is 15.8 Å². The van der Waals surface area contributed by atoms with Crippen molar-refractivity contribution in [3.8, 4) is 5.88 Å². The Hall–Kier alpha value is -3.14. The minimum Gasteiger partial charge on any atom is -0.494 e. The van der Waals surface area contributed by atoms with Gasteiger partial charge in [0.15, 0.2) is 5.56 Å². The van der Waals surface area contributed by atoms with Crippen molar-refractivity contribution in [2.75, 3.05) is 5.32 Å². The number of aromatic hydroxyl groups is 1. The second-order valence-corrected chi connectivity index (χ2v) is 5.18. The van der Waals surface area contributed by atoms with Crippen molar-refractivity contribution in [2.24, 2.45) is 0 Å². The summed E-state index contributed by atoms with van der Waals surface area (Å²) in [6, 6.07) is 4.56. The van der Waals surface area contributed by atoms with Gasteiger partial charge in [-0.3, -0.25) is 28.7 Å². The number of nitrogens with one attached hydrogen (secondary N) is 4. The molecule has 1 amide bonds. The highest BCUT2D eigenvalue weighted by Crippen LogP contribution is 2.20. The van der Waals surface area contributed by atoms with Gasteiger partial charge in [-0.05, 0) is 18.2 Å². The Morgan fingerprint density at radius 2 is 1.91 bits per heavy atom. The summed E-state index contributed by atoms with van der Waals surface area (Å²) in [6.45, 7) is 0. The fraction of sp³-hybridized carbons (Fsp3) is 0. The summed E-state index contributed by atoms with van der Waals surface area (Å²) in [7, 11) is 0. The van der Waals surface area contributed by atoms with Gasteiger partial charge in [0.05, 0.1) is 10.1 Å². The van der Waals surface area contributed by atoms with Crippen LogP contribution in [0.15, 0.2) is 32.6 Å². The van der Waals surface area contributed by atoms with Gasteiger partial charge >= 0.3 is 5.69 Å². The maximum absolute atomic E-state index is 12.0. The van der Waals surface area contributed by atoms with Crippen LogP contribution in [0.25, 0.3) is 10.1 Å². The lowest BCUT2D eigenvalue weighted by Crippen LogP contribution is -2.30. The number of rotatable bonds is 2. The molecular formula is C12H8N4O5S. The molecule has 0 atom stereocenters. The number of aromatic amines is 3. The maximum Gasteiger partial charge on any atom is 0.328 e. The number of H-pyrrole nitrogens is 3. The van der Waals surface area contributed by atoms with Crippen LogP contribution in [0, 0.1) is 0 Å². The van der Waals surface area contributed by atoms with Crippen molar-refractivity contribution in [1.29, 1.82) is 0 Å². The van der Waals surface area contributed by atoms with Gasteiger partial charge < -0.3 is 10.4 Å². The standard InChI is InChI=1S/C12H8N4O5S/c17-8-5-2-1-4(3-6(5)22-16-8)13-9(18)7-10(19)14-12(21)15-11(7)20/h1-3H,(H,13,18)(H,16,17)(H3,14,15,19,20,21). The van der Waals surface area contributed by atoms with E-state index >= 15 is 0 Å². The van der Waals surface area contributed by atoms with Crippen molar-refractivity contribution in [1.82, 2.24) is 14.3 Å². The Balaban J connectivity index is 1.98. The van der Waals surface area contributed by atoms with Gasteiger partial charge in [-0.2, -0.15) is 0 Å². The molecule has 3 aromatic rings. The molecule has 0 spiro atoms. The minimum atomic E-state index is -1.01. The van der Waals surface area contributed by atoms with Crippen LogP contribution in [-0.2, 0) is 0 Å². The van der Waals surface area contributed by atoms with Crippen molar-refractivity contribution in [3.05, 3.63) is 55.0 Å². The number of hydrogen-bond acceptors (Lipinski definition) is 6. The van der Waals surface area contributed by atoms with Crippen LogP contribution in [0.1, 0.15) is 10.4 Å². The van der Waals surface area contributed by atoms with Crippen LogP contribution in [0.2, 0.25) is 0 Å². The first kappa shape index (κ1) is 13.8. The predicted octanol–water partition coefficient (Wildman–Crippen LogP) is -0.0759. The molecule has 10 heteroatoms. The van der Waals surface area contributed by atoms with Crippen LogP contribution in [0.3, 0.4) is 0 Å². The Morgan fingerprint density at radius 1 is 1.14 bits per heavy atom. The van der Waals surface area contributed by atoms with Crippen LogP contribution >= 0.6 is 11.5 Å². The van der Waals surface area contributed by atoms with Crippen LogP contribution in [-0.4, -0.2) is 25.4 Å². The molecular weight excluding hydrogens is 312 g/mol. The summed E-state index contributed by atoms with van der Waals surface area (Å²) in [4.78, 5) is 49.7. The van der Waals surface area contributed by atoms with Gasteiger partial charge in [-0.25, -0.2) is 4.79 Å². The van der Waals surface area contributed by atoms with E-state index in [0.717, 1.165) is 11.5 Å². The zero-order valence-electron chi connectivity index (χ0n) is 10.7. The fourth-order valence-electron chi connectivity index (χ4n) is 1.91. The van der Waals surface area contributed by atoms with E-state index in [4.69, 9.17) is 0 Å². The van der Waals surface area contributed by atoms with Crippen molar-refractivity contribution >= 4 is 33.2 Å². The highest BCUT2D eigenvalue weighted by molar-refractivity contribution is 7.13. The number of aromatic nitrogens is 3. The molecule has 0 saturated heterocycles. The molecule has 3 rings (SSSR count). The Bertz CT molecular complexity index is 1060. The molecule has 2 aromatic heterocycles.